The van der Waals surface area contributed by atoms with Crippen LogP contribution in [0.3, 0.4) is 0 Å². The van der Waals surface area contributed by atoms with Gasteiger partial charge in [-0.15, -0.1) is 0 Å². The molecule has 4 N–H and O–H groups in total. The summed E-state index contributed by atoms with van der Waals surface area (Å²) in [6, 6.07) is 0.705. The van der Waals surface area contributed by atoms with Crippen LogP contribution in [0, 0.1) is 0 Å². The first-order chi connectivity index (χ1) is 6.83. The Kier molecular flexibility index (Phi) is 5.37. The van der Waals surface area contributed by atoms with Crippen molar-refractivity contribution < 1.29 is 5.21 Å². The number of nitrogens with two attached hydrogens (primary N) is 1. The van der Waals surface area contributed by atoms with Crippen molar-refractivity contribution in [3.8, 4) is 0 Å². The van der Waals surface area contributed by atoms with E-state index in [9.17, 15) is 0 Å². The summed E-state index contributed by atoms with van der Waals surface area (Å²) < 4.78 is 0. The number of nitrogens with one attached hydrogen (secondary N) is 1. The highest BCUT2D eigenvalue weighted by Crippen LogP contribution is 2.17. The highest BCUT2D eigenvalue weighted by Gasteiger charge is 2.11. The molecule has 0 aromatic carbocycles. The van der Waals surface area contributed by atoms with Gasteiger partial charge in [-0.1, -0.05) is 24.4 Å². The second-order valence-corrected chi connectivity index (χ2v) is 3.98. The molecule has 0 aromatic heterocycles. The molecule has 0 bridgehead atoms. The van der Waals surface area contributed by atoms with Crippen molar-refractivity contribution in [1.82, 2.24) is 5.32 Å². The lowest BCUT2D eigenvalue weighted by molar-refractivity contribution is 0.316. The molecule has 0 unspecified atom stereocenters. The third-order valence-electron chi connectivity index (χ3n) is 2.78. The van der Waals surface area contributed by atoms with E-state index in [1.807, 2.05) is 0 Å². The number of amidine groups is 1. The third-order valence-corrected chi connectivity index (χ3v) is 2.78. The van der Waals surface area contributed by atoms with Gasteiger partial charge in [-0.25, -0.2) is 0 Å². The van der Waals surface area contributed by atoms with Crippen LogP contribution in [0.1, 0.15) is 44.9 Å². The van der Waals surface area contributed by atoms with Crippen molar-refractivity contribution in [1.29, 1.82) is 0 Å². The lowest BCUT2D eigenvalue weighted by Crippen LogP contribution is -2.32. The summed E-state index contributed by atoms with van der Waals surface area (Å²) in [5.41, 5.74) is 5.36. The van der Waals surface area contributed by atoms with Crippen LogP contribution in [0.4, 0.5) is 0 Å². The van der Waals surface area contributed by atoms with Crippen LogP contribution >= 0.6 is 0 Å². The van der Waals surface area contributed by atoms with Gasteiger partial charge in [0.25, 0.3) is 0 Å². The van der Waals surface area contributed by atoms with Gasteiger partial charge in [-0.3, -0.25) is 0 Å². The normalized spacial score (nSPS) is 19.9. The van der Waals surface area contributed by atoms with E-state index in [0.29, 0.717) is 18.3 Å². The van der Waals surface area contributed by atoms with Crippen LogP contribution in [-0.4, -0.2) is 23.6 Å². The van der Waals surface area contributed by atoms with Crippen LogP contribution in [0.15, 0.2) is 5.16 Å². The summed E-state index contributed by atoms with van der Waals surface area (Å²) in [5, 5.41) is 14.8. The van der Waals surface area contributed by atoms with Gasteiger partial charge in [0.2, 0.25) is 0 Å². The molecule has 82 valence electrons. The summed E-state index contributed by atoms with van der Waals surface area (Å²) in [5.74, 6) is 0.329. The standard InChI is InChI=1S/C10H21N3O/c11-10(13-14)7-4-8-12-9-5-2-1-3-6-9/h9,12,14H,1-8H2,(H2,11,13). The molecule has 0 aromatic rings. The minimum atomic E-state index is 0.329. The molecule has 0 radical (unpaired) electrons. The van der Waals surface area contributed by atoms with E-state index in [-0.39, 0.29) is 0 Å². The topological polar surface area (TPSA) is 70.6 Å². The van der Waals surface area contributed by atoms with Crippen molar-refractivity contribution in [2.45, 2.75) is 51.0 Å². The number of nitrogens with zero attached hydrogens (tertiary/aromatic N) is 1. The van der Waals surface area contributed by atoms with Gasteiger partial charge in [0, 0.05) is 12.5 Å². The Hall–Kier alpha value is -0.770. The molecule has 0 amide bonds. The zero-order valence-corrected chi connectivity index (χ0v) is 8.71. The fraction of sp³-hybridized carbons (Fsp3) is 0.900. The average Bonchev–Trinajstić information content (AvgIpc) is 2.25. The molecule has 1 aliphatic carbocycles. The first-order valence-electron chi connectivity index (χ1n) is 5.52. The summed E-state index contributed by atoms with van der Waals surface area (Å²) >= 11 is 0. The second-order valence-electron chi connectivity index (χ2n) is 3.98. The van der Waals surface area contributed by atoms with Crippen molar-refractivity contribution in [2.75, 3.05) is 6.54 Å². The summed E-state index contributed by atoms with van der Waals surface area (Å²) in [7, 11) is 0. The van der Waals surface area contributed by atoms with Gasteiger partial charge in [0.1, 0.15) is 5.84 Å². The Labute approximate surface area is 85.6 Å². The summed E-state index contributed by atoms with van der Waals surface area (Å²) in [6.45, 7) is 0.973. The number of hydrogen-bond donors (Lipinski definition) is 3. The lowest BCUT2D eigenvalue weighted by atomic mass is 9.95. The maximum absolute atomic E-state index is 8.33. The molecule has 0 spiro atoms. The Morgan fingerprint density at radius 3 is 2.71 bits per heavy atom. The van der Waals surface area contributed by atoms with E-state index in [2.05, 4.69) is 10.5 Å². The maximum atomic E-state index is 8.33. The predicted octanol–water partition coefficient (Wildman–Crippen LogP) is 1.44. The Balaban J connectivity index is 1.97. The smallest absolute Gasteiger partial charge is 0.139 e. The van der Waals surface area contributed by atoms with E-state index in [0.717, 1.165) is 13.0 Å². The Morgan fingerprint density at radius 2 is 2.07 bits per heavy atom. The maximum Gasteiger partial charge on any atom is 0.139 e. The largest absolute Gasteiger partial charge is 0.409 e. The van der Waals surface area contributed by atoms with Crippen molar-refractivity contribution >= 4 is 5.84 Å². The van der Waals surface area contributed by atoms with Gasteiger partial charge < -0.3 is 16.3 Å². The quantitative estimate of drug-likeness (QED) is 0.206. The molecule has 1 saturated carbocycles. The highest BCUT2D eigenvalue weighted by atomic mass is 16.4. The van der Waals surface area contributed by atoms with Crippen LogP contribution < -0.4 is 11.1 Å². The van der Waals surface area contributed by atoms with E-state index in [1.165, 1.54) is 32.1 Å². The molecule has 0 aliphatic heterocycles. The van der Waals surface area contributed by atoms with Crippen LogP contribution in [0.5, 0.6) is 0 Å². The molecule has 4 nitrogen and oxygen atoms in total. The molecular formula is C10H21N3O. The summed E-state index contributed by atoms with van der Waals surface area (Å²) in [6.07, 6.45) is 8.36. The number of rotatable bonds is 5. The van der Waals surface area contributed by atoms with Gasteiger partial charge >= 0.3 is 0 Å². The number of hydrogen-bond acceptors (Lipinski definition) is 3. The van der Waals surface area contributed by atoms with E-state index < -0.39 is 0 Å². The molecule has 14 heavy (non-hydrogen) atoms. The van der Waals surface area contributed by atoms with Gasteiger partial charge in [0.05, 0.1) is 0 Å². The highest BCUT2D eigenvalue weighted by molar-refractivity contribution is 5.79. The molecule has 1 aliphatic rings. The molecular weight excluding hydrogens is 178 g/mol. The van der Waals surface area contributed by atoms with Crippen LogP contribution in [-0.2, 0) is 0 Å². The fourth-order valence-corrected chi connectivity index (χ4v) is 1.93. The van der Waals surface area contributed by atoms with Gasteiger partial charge in [-0.05, 0) is 25.8 Å². The molecule has 0 heterocycles. The minimum Gasteiger partial charge on any atom is -0.409 e. The SMILES string of the molecule is NC(CCCNC1CCCCC1)=NO. The monoisotopic (exact) mass is 199 g/mol. The van der Waals surface area contributed by atoms with E-state index in [4.69, 9.17) is 10.9 Å². The lowest BCUT2D eigenvalue weighted by Gasteiger charge is -2.22. The fourth-order valence-electron chi connectivity index (χ4n) is 1.93. The Bertz CT molecular complexity index is 176. The van der Waals surface area contributed by atoms with Crippen molar-refractivity contribution in [3.05, 3.63) is 0 Å². The van der Waals surface area contributed by atoms with E-state index >= 15 is 0 Å². The predicted molar refractivity (Wildman–Crippen MR) is 57.5 cm³/mol. The molecule has 1 fully saturated rings. The average molecular weight is 199 g/mol. The van der Waals surface area contributed by atoms with Gasteiger partial charge in [-0.2, -0.15) is 0 Å². The van der Waals surface area contributed by atoms with Gasteiger partial charge in [0.15, 0.2) is 0 Å². The third kappa shape index (κ3) is 4.46. The minimum absolute atomic E-state index is 0.329. The molecule has 0 saturated heterocycles. The van der Waals surface area contributed by atoms with Crippen LogP contribution in [0.2, 0.25) is 0 Å². The van der Waals surface area contributed by atoms with Crippen molar-refractivity contribution in [3.63, 3.8) is 0 Å². The van der Waals surface area contributed by atoms with E-state index in [1.54, 1.807) is 0 Å². The zero-order valence-electron chi connectivity index (χ0n) is 8.71. The first kappa shape index (κ1) is 11.3. The molecule has 0 atom stereocenters. The van der Waals surface area contributed by atoms with Crippen LogP contribution in [0.25, 0.3) is 0 Å². The first-order valence-corrected chi connectivity index (χ1v) is 5.52. The Morgan fingerprint density at radius 1 is 1.36 bits per heavy atom. The molecule has 1 rings (SSSR count). The molecule has 4 heteroatoms. The number of oxime groups is 1. The zero-order chi connectivity index (χ0) is 10.2. The second kappa shape index (κ2) is 6.65. The van der Waals surface area contributed by atoms with Crippen molar-refractivity contribution in [2.24, 2.45) is 10.9 Å². The summed E-state index contributed by atoms with van der Waals surface area (Å²) in [4.78, 5) is 0.